The van der Waals surface area contributed by atoms with Crippen molar-refractivity contribution >= 4 is 17.8 Å². The third kappa shape index (κ3) is 4.11. The predicted octanol–water partition coefficient (Wildman–Crippen LogP) is 3.79. The zero-order valence-electron chi connectivity index (χ0n) is 19.2. The van der Waals surface area contributed by atoms with Gasteiger partial charge < -0.3 is 10.1 Å². The molecule has 2 aliphatic heterocycles. The van der Waals surface area contributed by atoms with Gasteiger partial charge >= 0.3 is 5.97 Å². The van der Waals surface area contributed by atoms with E-state index in [0.29, 0.717) is 11.1 Å². The van der Waals surface area contributed by atoms with Gasteiger partial charge in [0.25, 0.3) is 11.8 Å². The van der Waals surface area contributed by atoms with Crippen molar-refractivity contribution in [1.29, 1.82) is 0 Å². The van der Waals surface area contributed by atoms with Gasteiger partial charge in [-0.15, -0.1) is 0 Å². The molecule has 0 radical (unpaired) electrons. The van der Waals surface area contributed by atoms with Gasteiger partial charge in [-0.1, -0.05) is 78.9 Å². The van der Waals surface area contributed by atoms with Gasteiger partial charge in [-0.3, -0.25) is 9.59 Å². The summed E-state index contributed by atoms with van der Waals surface area (Å²) in [7, 11) is 0. The summed E-state index contributed by atoms with van der Waals surface area (Å²) in [5, 5.41) is 6.27. The first-order valence-corrected chi connectivity index (χ1v) is 11.6. The molecule has 176 valence electrons. The van der Waals surface area contributed by atoms with Crippen LogP contribution in [0.25, 0.3) is 0 Å². The molecule has 0 aromatic heterocycles. The van der Waals surface area contributed by atoms with E-state index in [0.717, 1.165) is 11.1 Å². The average Bonchev–Trinajstić information content (AvgIpc) is 3.41. The lowest BCUT2D eigenvalue weighted by Crippen LogP contribution is -2.43. The third-order valence-corrected chi connectivity index (χ3v) is 6.25. The van der Waals surface area contributed by atoms with Gasteiger partial charge in [0.1, 0.15) is 6.04 Å². The average molecular weight is 468 g/mol. The van der Waals surface area contributed by atoms with Crippen LogP contribution in [0.4, 0.5) is 0 Å². The molecule has 0 spiro atoms. The maximum absolute atomic E-state index is 13.7. The van der Waals surface area contributed by atoms with Gasteiger partial charge in [-0.05, 0) is 30.2 Å². The Balaban J connectivity index is 1.59. The van der Waals surface area contributed by atoms with E-state index in [9.17, 15) is 14.4 Å². The molecule has 0 saturated carbocycles. The van der Waals surface area contributed by atoms with E-state index in [1.807, 2.05) is 71.7 Å². The number of hydrogen-bond donors (Lipinski definition) is 1. The third-order valence-electron chi connectivity index (χ3n) is 6.25. The summed E-state index contributed by atoms with van der Waals surface area (Å²) in [6.45, 7) is 1.98. The van der Waals surface area contributed by atoms with Gasteiger partial charge in [0, 0.05) is 11.8 Å². The summed E-state index contributed by atoms with van der Waals surface area (Å²) in [6.07, 6.45) is 1.54. The van der Waals surface area contributed by atoms with Crippen LogP contribution >= 0.6 is 0 Å². The Hall–Kier alpha value is -4.23. The number of hydrazine groups is 1. The minimum Gasteiger partial charge on any atom is -0.463 e. The van der Waals surface area contributed by atoms with E-state index in [2.05, 4.69) is 5.32 Å². The van der Waals surface area contributed by atoms with Crippen LogP contribution in [0.1, 0.15) is 40.5 Å². The van der Waals surface area contributed by atoms with Gasteiger partial charge in [-0.25, -0.2) is 9.80 Å². The maximum Gasteiger partial charge on any atom is 0.337 e. The van der Waals surface area contributed by atoms with Gasteiger partial charge in [0.15, 0.2) is 0 Å². The minimum atomic E-state index is -0.851. The lowest BCUT2D eigenvalue weighted by molar-refractivity contribution is -0.140. The molecule has 0 bridgehead atoms. The van der Waals surface area contributed by atoms with Crippen LogP contribution in [0.3, 0.4) is 0 Å². The number of nitrogens with one attached hydrogen (secondary N) is 1. The SMILES string of the molecule is CCOC(=O)C1=CN2C(=O)[C@H](NC(=O)c3ccccc3)[C@@H](c3ccccc3)N2[C@H]1c1ccccc1. The topological polar surface area (TPSA) is 79.0 Å². The number of fused-ring (bicyclic) bond motifs is 1. The summed E-state index contributed by atoms with van der Waals surface area (Å²) in [5.41, 5.74) is 2.54. The number of carbonyl (C=O) groups is 3. The van der Waals surface area contributed by atoms with E-state index in [1.54, 1.807) is 37.4 Å². The first-order chi connectivity index (χ1) is 17.1. The summed E-state index contributed by atoms with van der Waals surface area (Å²) in [6, 6.07) is 25.9. The predicted molar refractivity (Wildman–Crippen MR) is 129 cm³/mol. The quantitative estimate of drug-likeness (QED) is 0.558. The molecular formula is C28H25N3O4. The molecule has 2 heterocycles. The number of rotatable bonds is 6. The number of carbonyl (C=O) groups excluding carboxylic acids is 3. The smallest absolute Gasteiger partial charge is 0.337 e. The fraction of sp³-hybridized carbons (Fsp3) is 0.179. The molecule has 2 aliphatic rings. The number of amides is 2. The summed E-state index contributed by atoms with van der Waals surface area (Å²) < 4.78 is 5.33. The summed E-state index contributed by atoms with van der Waals surface area (Å²) in [4.78, 5) is 39.7. The van der Waals surface area contributed by atoms with Crippen LogP contribution in [0.2, 0.25) is 0 Å². The largest absolute Gasteiger partial charge is 0.463 e. The van der Waals surface area contributed by atoms with Crippen molar-refractivity contribution < 1.29 is 19.1 Å². The molecule has 0 unspecified atom stereocenters. The van der Waals surface area contributed by atoms with Crippen molar-refractivity contribution in [2.75, 3.05) is 6.61 Å². The van der Waals surface area contributed by atoms with Gasteiger partial charge in [-0.2, -0.15) is 5.01 Å². The molecule has 0 aliphatic carbocycles. The Kier molecular flexibility index (Phi) is 6.16. The van der Waals surface area contributed by atoms with E-state index >= 15 is 0 Å². The van der Waals surface area contributed by atoms with Crippen molar-refractivity contribution in [3.8, 4) is 0 Å². The van der Waals surface area contributed by atoms with Gasteiger partial charge in [0.2, 0.25) is 0 Å². The van der Waals surface area contributed by atoms with E-state index in [-0.39, 0.29) is 18.4 Å². The second kappa shape index (κ2) is 9.56. The molecule has 1 N–H and O–H groups in total. The van der Waals surface area contributed by atoms with Crippen LogP contribution < -0.4 is 5.32 Å². The second-order valence-corrected chi connectivity index (χ2v) is 8.35. The van der Waals surface area contributed by atoms with Crippen LogP contribution in [0.5, 0.6) is 0 Å². The van der Waals surface area contributed by atoms with Crippen molar-refractivity contribution in [3.63, 3.8) is 0 Å². The maximum atomic E-state index is 13.7. The van der Waals surface area contributed by atoms with Crippen LogP contribution in [-0.2, 0) is 14.3 Å². The van der Waals surface area contributed by atoms with Gasteiger partial charge in [0.05, 0.1) is 24.3 Å². The fourth-order valence-electron chi connectivity index (χ4n) is 4.73. The number of benzene rings is 3. The molecule has 1 saturated heterocycles. The van der Waals surface area contributed by atoms with Crippen molar-refractivity contribution in [1.82, 2.24) is 15.3 Å². The molecule has 2 amide bonds. The highest BCUT2D eigenvalue weighted by Crippen LogP contribution is 2.47. The highest BCUT2D eigenvalue weighted by Gasteiger charge is 2.55. The Morgan fingerprint density at radius 1 is 0.857 bits per heavy atom. The Morgan fingerprint density at radius 2 is 1.43 bits per heavy atom. The Labute approximate surface area is 203 Å². The first kappa shape index (κ1) is 22.6. The Morgan fingerprint density at radius 3 is 2.03 bits per heavy atom. The molecule has 3 atom stereocenters. The Bertz CT molecular complexity index is 1260. The molecule has 3 aromatic carbocycles. The number of esters is 1. The van der Waals surface area contributed by atoms with Crippen LogP contribution in [-0.4, -0.2) is 40.5 Å². The van der Waals surface area contributed by atoms with Crippen molar-refractivity contribution in [2.45, 2.75) is 25.0 Å². The first-order valence-electron chi connectivity index (χ1n) is 11.6. The van der Waals surface area contributed by atoms with Crippen LogP contribution in [0, 0.1) is 0 Å². The summed E-state index contributed by atoms with van der Waals surface area (Å²) >= 11 is 0. The molecule has 35 heavy (non-hydrogen) atoms. The number of hydrogen-bond acceptors (Lipinski definition) is 5. The standard InChI is InChI=1S/C28H25N3O4/c1-2-35-28(34)22-18-30-27(33)23(29-26(32)21-16-10-5-11-17-21)25(20-14-8-4-9-15-20)31(30)24(22)19-12-6-3-7-13-19/h3-18,23-25H,2H2,1H3,(H,29,32)/t23-,24+,25-/m1/s1. The molecule has 3 aromatic rings. The van der Waals surface area contributed by atoms with Crippen molar-refractivity contribution in [3.05, 3.63) is 119 Å². The molecule has 5 rings (SSSR count). The molecular weight excluding hydrogens is 442 g/mol. The molecule has 1 fully saturated rings. The molecule has 7 heteroatoms. The minimum absolute atomic E-state index is 0.226. The second-order valence-electron chi connectivity index (χ2n) is 8.35. The van der Waals surface area contributed by atoms with E-state index in [4.69, 9.17) is 4.74 Å². The van der Waals surface area contributed by atoms with Crippen LogP contribution in [0.15, 0.2) is 103 Å². The highest BCUT2D eigenvalue weighted by molar-refractivity contribution is 5.99. The lowest BCUT2D eigenvalue weighted by atomic mass is 9.93. The fourth-order valence-corrected chi connectivity index (χ4v) is 4.73. The monoisotopic (exact) mass is 467 g/mol. The highest BCUT2D eigenvalue weighted by atomic mass is 16.5. The molecule has 7 nitrogen and oxygen atoms in total. The number of nitrogens with zero attached hydrogens (tertiary/aromatic N) is 2. The van der Waals surface area contributed by atoms with Crippen molar-refractivity contribution in [2.24, 2.45) is 0 Å². The zero-order valence-corrected chi connectivity index (χ0v) is 19.2. The normalized spacial score (nSPS) is 21.4. The van der Waals surface area contributed by atoms with E-state index < -0.39 is 24.1 Å². The van der Waals surface area contributed by atoms with E-state index in [1.165, 1.54) is 5.01 Å². The zero-order chi connectivity index (χ0) is 24.4. The lowest BCUT2D eigenvalue weighted by Gasteiger charge is -2.33. The summed E-state index contributed by atoms with van der Waals surface area (Å²) in [5.74, 6) is -1.12. The number of ether oxygens (including phenoxy) is 1.